The molecule has 1 saturated heterocycles. The van der Waals surface area contributed by atoms with Crippen molar-refractivity contribution in [1.29, 1.82) is 0 Å². The summed E-state index contributed by atoms with van der Waals surface area (Å²) in [6.07, 6.45) is 6.37. The lowest BCUT2D eigenvalue weighted by atomic mass is 9.96. The number of nitrogens with one attached hydrogen (secondary N) is 1. The third-order valence-corrected chi connectivity index (χ3v) is 6.31. The molecule has 3 rings (SSSR count). The van der Waals surface area contributed by atoms with Crippen molar-refractivity contribution in [1.82, 2.24) is 15.1 Å². The molecule has 1 saturated carbocycles. The summed E-state index contributed by atoms with van der Waals surface area (Å²) < 4.78 is 6.15. The highest BCUT2D eigenvalue weighted by molar-refractivity contribution is 8.02. The molecular formula is C15H24N4O2S2. The molecule has 2 fully saturated rings. The Balaban J connectivity index is 1.50. The topological polar surface area (TPSA) is 67.4 Å². The van der Waals surface area contributed by atoms with Crippen LogP contribution in [0.1, 0.15) is 39.0 Å². The van der Waals surface area contributed by atoms with Crippen LogP contribution >= 0.6 is 23.1 Å². The number of hydrogen-bond acceptors (Lipinski definition) is 7. The first-order chi connectivity index (χ1) is 11.2. The van der Waals surface area contributed by atoms with Gasteiger partial charge in [-0.25, -0.2) is 0 Å². The Morgan fingerprint density at radius 2 is 2.04 bits per heavy atom. The zero-order valence-corrected chi connectivity index (χ0v) is 15.1. The Morgan fingerprint density at radius 3 is 2.78 bits per heavy atom. The van der Waals surface area contributed by atoms with Crippen LogP contribution in [0.4, 0.5) is 5.13 Å². The molecule has 1 amide bonds. The Morgan fingerprint density at radius 1 is 1.30 bits per heavy atom. The van der Waals surface area contributed by atoms with Gasteiger partial charge in [0.25, 0.3) is 0 Å². The van der Waals surface area contributed by atoms with E-state index in [1.54, 1.807) is 11.3 Å². The van der Waals surface area contributed by atoms with E-state index in [9.17, 15) is 4.79 Å². The largest absolute Gasteiger partial charge is 0.378 e. The van der Waals surface area contributed by atoms with Crippen molar-refractivity contribution in [3.63, 3.8) is 0 Å². The molecule has 1 N–H and O–H groups in total. The molecule has 0 radical (unpaired) electrons. The Bertz CT molecular complexity index is 513. The normalized spacial score (nSPS) is 21.2. The molecular weight excluding hydrogens is 332 g/mol. The summed E-state index contributed by atoms with van der Waals surface area (Å²) in [7, 11) is 0. The summed E-state index contributed by atoms with van der Waals surface area (Å²) >= 11 is 3.05. The standard InChI is InChI=1S/C15H24N4O2S2/c1-11(13(20)19-7-9-21-10-8-19)22-15-18-17-14(23-15)16-12-5-3-2-4-6-12/h11-12H,2-10H2,1H3,(H,16,17)/t11-/m0/s1. The van der Waals surface area contributed by atoms with Crippen LogP contribution in [0.15, 0.2) is 4.34 Å². The third-order valence-electron chi connectivity index (χ3n) is 4.29. The number of morpholine rings is 1. The minimum absolute atomic E-state index is 0.136. The van der Waals surface area contributed by atoms with Crippen LogP contribution in [0, 0.1) is 0 Å². The summed E-state index contributed by atoms with van der Waals surface area (Å²) in [6.45, 7) is 4.59. The highest BCUT2D eigenvalue weighted by atomic mass is 32.2. The average molecular weight is 357 g/mol. The Hall–Kier alpha value is -0.860. The molecule has 1 aromatic rings. The lowest BCUT2D eigenvalue weighted by molar-refractivity contribution is -0.134. The van der Waals surface area contributed by atoms with E-state index < -0.39 is 0 Å². The maximum Gasteiger partial charge on any atom is 0.236 e. The summed E-state index contributed by atoms with van der Waals surface area (Å²) in [5.41, 5.74) is 0. The van der Waals surface area contributed by atoms with Crippen LogP contribution in [-0.4, -0.2) is 58.6 Å². The van der Waals surface area contributed by atoms with Crippen molar-refractivity contribution in [2.24, 2.45) is 0 Å². The van der Waals surface area contributed by atoms with E-state index in [0.717, 1.165) is 9.47 Å². The van der Waals surface area contributed by atoms with Crippen LogP contribution in [0.25, 0.3) is 0 Å². The van der Waals surface area contributed by atoms with Crippen molar-refractivity contribution in [3.8, 4) is 0 Å². The Kier molecular flexibility index (Phi) is 6.13. The predicted molar refractivity (Wildman–Crippen MR) is 93.1 cm³/mol. The van der Waals surface area contributed by atoms with Gasteiger partial charge in [-0.2, -0.15) is 0 Å². The minimum atomic E-state index is -0.136. The number of amides is 1. The summed E-state index contributed by atoms with van der Waals surface area (Å²) in [4.78, 5) is 14.3. The molecule has 128 valence electrons. The molecule has 1 aliphatic carbocycles. The lowest BCUT2D eigenvalue weighted by Gasteiger charge is -2.28. The second-order valence-corrected chi connectivity index (χ2v) is 8.62. The van der Waals surface area contributed by atoms with Crippen LogP contribution in [-0.2, 0) is 9.53 Å². The maximum absolute atomic E-state index is 12.4. The van der Waals surface area contributed by atoms with Gasteiger partial charge in [-0.3, -0.25) is 4.79 Å². The number of carbonyl (C=O) groups is 1. The monoisotopic (exact) mass is 356 g/mol. The van der Waals surface area contributed by atoms with Crippen molar-refractivity contribution in [2.45, 2.75) is 54.7 Å². The second kappa shape index (κ2) is 8.30. The van der Waals surface area contributed by atoms with E-state index in [2.05, 4.69) is 15.5 Å². The first-order valence-electron chi connectivity index (χ1n) is 8.35. The first-order valence-corrected chi connectivity index (χ1v) is 10.1. The molecule has 8 heteroatoms. The van der Waals surface area contributed by atoms with Crippen LogP contribution in [0.2, 0.25) is 0 Å². The number of aromatic nitrogens is 2. The third kappa shape index (κ3) is 4.81. The van der Waals surface area contributed by atoms with E-state index in [1.165, 1.54) is 43.9 Å². The van der Waals surface area contributed by atoms with Gasteiger partial charge < -0.3 is 15.0 Å². The van der Waals surface area contributed by atoms with Gasteiger partial charge in [0.2, 0.25) is 11.0 Å². The number of carbonyl (C=O) groups excluding carboxylic acids is 1. The zero-order chi connectivity index (χ0) is 16.1. The minimum Gasteiger partial charge on any atom is -0.378 e. The molecule has 1 aliphatic heterocycles. The molecule has 1 aromatic heterocycles. The number of rotatable bonds is 5. The molecule has 6 nitrogen and oxygen atoms in total. The molecule has 0 bridgehead atoms. The van der Waals surface area contributed by atoms with E-state index >= 15 is 0 Å². The van der Waals surface area contributed by atoms with Gasteiger partial charge in [-0.05, 0) is 19.8 Å². The number of ether oxygens (including phenoxy) is 1. The fraction of sp³-hybridized carbons (Fsp3) is 0.800. The SMILES string of the molecule is C[C@H](Sc1nnc(NC2CCCCC2)s1)C(=O)N1CCOCC1. The van der Waals surface area contributed by atoms with Crippen LogP contribution < -0.4 is 5.32 Å². The molecule has 0 unspecified atom stereocenters. The number of anilines is 1. The number of hydrogen-bond donors (Lipinski definition) is 1. The van der Waals surface area contributed by atoms with E-state index in [0.29, 0.717) is 32.3 Å². The fourth-order valence-corrected chi connectivity index (χ4v) is 5.04. The van der Waals surface area contributed by atoms with Gasteiger partial charge in [0.1, 0.15) is 0 Å². The van der Waals surface area contributed by atoms with Crippen LogP contribution in [0.3, 0.4) is 0 Å². The number of nitrogens with zero attached hydrogens (tertiary/aromatic N) is 3. The van der Waals surface area contributed by atoms with Crippen molar-refractivity contribution < 1.29 is 9.53 Å². The van der Waals surface area contributed by atoms with Gasteiger partial charge in [0.05, 0.1) is 18.5 Å². The Labute approximate surface area is 145 Å². The lowest BCUT2D eigenvalue weighted by Crippen LogP contribution is -2.44. The fourth-order valence-electron chi connectivity index (χ4n) is 2.98. The van der Waals surface area contributed by atoms with Gasteiger partial charge in [-0.15, -0.1) is 10.2 Å². The molecule has 0 aromatic carbocycles. The molecule has 2 heterocycles. The summed E-state index contributed by atoms with van der Waals surface area (Å²) in [6, 6.07) is 0.530. The molecule has 2 aliphatic rings. The van der Waals surface area contributed by atoms with Crippen molar-refractivity contribution in [2.75, 3.05) is 31.6 Å². The van der Waals surface area contributed by atoms with E-state index in [1.807, 2.05) is 11.8 Å². The summed E-state index contributed by atoms with van der Waals surface area (Å²) in [5.74, 6) is 0.162. The van der Waals surface area contributed by atoms with Gasteiger partial charge in [0, 0.05) is 19.1 Å². The van der Waals surface area contributed by atoms with Crippen molar-refractivity contribution >= 4 is 34.1 Å². The van der Waals surface area contributed by atoms with Gasteiger partial charge >= 0.3 is 0 Å². The highest BCUT2D eigenvalue weighted by Crippen LogP contribution is 2.31. The quantitative estimate of drug-likeness (QED) is 0.818. The molecule has 1 atom stereocenters. The molecule has 0 spiro atoms. The van der Waals surface area contributed by atoms with Gasteiger partial charge in [0.15, 0.2) is 4.34 Å². The van der Waals surface area contributed by atoms with Gasteiger partial charge in [-0.1, -0.05) is 42.4 Å². The second-order valence-electron chi connectivity index (χ2n) is 6.05. The smallest absolute Gasteiger partial charge is 0.236 e. The highest BCUT2D eigenvalue weighted by Gasteiger charge is 2.24. The van der Waals surface area contributed by atoms with Crippen LogP contribution in [0.5, 0.6) is 0 Å². The van der Waals surface area contributed by atoms with Crippen molar-refractivity contribution in [3.05, 3.63) is 0 Å². The average Bonchev–Trinajstić information content (AvgIpc) is 3.02. The number of thioether (sulfide) groups is 1. The zero-order valence-electron chi connectivity index (χ0n) is 13.5. The maximum atomic E-state index is 12.4. The first kappa shape index (κ1) is 17.0. The van der Waals surface area contributed by atoms with E-state index in [4.69, 9.17) is 4.74 Å². The predicted octanol–water partition coefficient (Wildman–Crippen LogP) is 2.62. The summed E-state index contributed by atoms with van der Waals surface area (Å²) in [5, 5.41) is 12.7. The molecule has 23 heavy (non-hydrogen) atoms. The van der Waals surface area contributed by atoms with E-state index in [-0.39, 0.29) is 11.2 Å².